The summed E-state index contributed by atoms with van der Waals surface area (Å²) in [4.78, 5) is 0. The molecule has 20 heavy (non-hydrogen) atoms. The third-order valence-corrected chi connectivity index (χ3v) is 6.94. The van der Waals surface area contributed by atoms with Crippen LogP contribution < -0.4 is 10.5 Å². The van der Waals surface area contributed by atoms with Gasteiger partial charge in [0.05, 0.1) is 3.79 Å². The normalized spacial score (nSPS) is 18.1. The van der Waals surface area contributed by atoms with Crippen LogP contribution in [-0.4, -0.2) is 8.42 Å². The number of fused-ring (bicyclic) bond motifs is 1. The number of nitrogens with one attached hydrogen (secondary N) is 1. The van der Waals surface area contributed by atoms with Crippen LogP contribution in [0.5, 0.6) is 0 Å². The number of benzene rings is 1. The molecule has 1 atom stereocenters. The molecule has 0 bridgehead atoms. The Kier molecular flexibility index (Phi) is 3.62. The molecular formula is C13H13BrN2O2S2. The number of nitrogen functional groups attached to an aromatic ring is 1. The molecular weight excluding hydrogens is 360 g/mol. The van der Waals surface area contributed by atoms with Crippen LogP contribution in [0.4, 0.5) is 5.69 Å². The molecule has 0 fully saturated rings. The van der Waals surface area contributed by atoms with Crippen molar-refractivity contribution in [1.29, 1.82) is 0 Å². The number of thiophene rings is 1. The van der Waals surface area contributed by atoms with E-state index in [1.54, 1.807) is 12.1 Å². The first-order chi connectivity index (χ1) is 9.45. The summed E-state index contributed by atoms with van der Waals surface area (Å²) in [5.74, 6) is 0. The van der Waals surface area contributed by atoms with E-state index >= 15 is 0 Å². The molecule has 1 aliphatic carbocycles. The molecule has 0 amide bonds. The number of hydrogen-bond acceptors (Lipinski definition) is 4. The van der Waals surface area contributed by atoms with Crippen LogP contribution in [0.15, 0.2) is 38.3 Å². The first-order valence-corrected chi connectivity index (χ1v) is 9.21. The highest BCUT2D eigenvalue weighted by atomic mass is 79.9. The van der Waals surface area contributed by atoms with E-state index in [9.17, 15) is 8.42 Å². The summed E-state index contributed by atoms with van der Waals surface area (Å²) >= 11 is 4.49. The fourth-order valence-electron chi connectivity index (χ4n) is 2.45. The van der Waals surface area contributed by atoms with E-state index in [0.717, 1.165) is 33.4 Å². The Balaban J connectivity index is 1.87. The van der Waals surface area contributed by atoms with Crippen LogP contribution >= 0.6 is 27.3 Å². The Hall–Kier alpha value is -0.890. The second-order valence-electron chi connectivity index (χ2n) is 4.73. The maximum atomic E-state index is 12.3. The first kappa shape index (κ1) is 14.1. The van der Waals surface area contributed by atoms with Crippen molar-refractivity contribution in [2.45, 2.75) is 23.1 Å². The molecule has 1 aromatic heterocycles. The van der Waals surface area contributed by atoms with E-state index in [1.165, 1.54) is 11.3 Å². The quantitative estimate of drug-likeness (QED) is 0.813. The van der Waals surface area contributed by atoms with Gasteiger partial charge in [-0.25, -0.2) is 13.1 Å². The average Bonchev–Trinajstić information content (AvgIpc) is 2.96. The van der Waals surface area contributed by atoms with Crippen molar-refractivity contribution >= 4 is 43.0 Å². The summed E-state index contributed by atoms with van der Waals surface area (Å²) in [6, 6.07) is 8.82. The van der Waals surface area contributed by atoms with Gasteiger partial charge in [0.25, 0.3) is 10.0 Å². The van der Waals surface area contributed by atoms with Crippen LogP contribution in [0.1, 0.15) is 23.6 Å². The number of nitrogens with two attached hydrogens (primary N) is 1. The monoisotopic (exact) mass is 372 g/mol. The summed E-state index contributed by atoms with van der Waals surface area (Å²) in [5.41, 5.74) is 8.63. The molecule has 7 heteroatoms. The molecule has 0 saturated carbocycles. The van der Waals surface area contributed by atoms with Crippen LogP contribution in [-0.2, 0) is 16.4 Å². The second kappa shape index (κ2) is 5.14. The van der Waals surface area contributed by atoms with Gasteiger partial charge >= 0.3 is 0 Å². The van der Waals surface area contributed by atoms with Gasteiger partial charge in [-0.1, -0.05) is 6.07 Å². The molecule has 3 rings (SSSR count). The zero-order valence-electron chi connectivity index (χ0n) is 10.5. The lowest BCUT2D eigenvalue weighted by molar-refractivity contribution is 0.556. The van der Waals surface area contributed by atoms with Crippen molar-refractivity contribution in [3.8, 4) is 0 Å². The maximum Gasteiger partial charge on any atom is 0.250 e. The minimum absolute atomic E-state index is 0.170. The smallest absolute Gasteiger partial charge is 0.250 e. The van der Waals surface area contributed by atoms with Gasteiger partial charge in [0.2, 0.25) is 0 Å². The predicted octanol–water partition coefficient (Wildman–Crippen LogP) is 3.06. The number of sulfonamides is 1. The highest BCUT2D eigenvalue weighted by Gasteiger charge is 2.28. The number of anilines is 1. The van der Waals surface area contributed by atoms with Crippen LogP contribution in [0.25, 0.3) is 0 Å². The zero-order valence-corrected chi connectivity index (χ0v) is 13.7. The standard InChI is InChI=1S/C13H13BrN2O2S2/c14-12-5-6-13(19-12)20(17,18)16-11-4-1-8-7-9(15)2-3-10(8)11/h2-3,5-7,11,16H,1,4,15H2. The van der Waals surface area contributed by atoms with Gasteiger partial charge in [-0.15, -0.1) is 11.3 Å². The summed E-state index contributed by atoms with van der Waals surface area (Å²) in [6.45, 7) is 0. The molecule has 4 nitrogen and oxygen atoms in total. The van der Waals surface area contributed by atoms with Gasteiger partial charge in [0.15, 0.2) is 0 Å². The molecule has 2 aromatic rings. The molecule has 0 aliphatic heterocycles. The fourth-order valence-corrected chi connectivity index (χ4v) is 5.72. The van der Waals surface area contributed by atoms with E-state index in [1.807, 2.05) is 18.2 Å². The summed E-state index contributed by atoms with van der Waals surface area (Å²) < 4.78 is 28.6. The van der Waals surface area contributed by atoms with E-state index in [-0.39, 0.29) is 6.04 Å². The van der Waals surface area contributed by atoms with Gasteiger partial charge < -0.3 is 5.73 Å². The molecule has 1 heterocycles. The Labute approximate surface area is 130 Å². The van der Waals surface area contributed by atoms with E-state index in [0.29, 0.717) is 4.21 Å². The highest BCUT2D eigenvalue weighted by Crippen LogP contribution is 2.34. The largest absolute Gasteiger partial charge is 0.399 e. The maximum absolute atomic E-state index is 12.3. The van der Waals surface area contributed by atoms with Crippen molar-refractivity contribution in [1.82, 2.24) is 4.72 Å². The molecule has 0 radical (unpaired) electrons. The number of rotatable bonds is 3. The third-order valence-electron chi connectivity index (χ3n) is 3.36. The van der Waals surface area contributed by atoms with Gasteiger partial charge in [-0.05, 0) is 64.2 Å². The molecule has 1 aromatic carbocycles. The van der Waals surface area contributed by atoms with Crippen molar-refractivity contribution in [2.24, 2.45) is 0 Å². The van der Waals surface area contributed by atoms with Crippen LogP contribution in [0, 0.1) is 0 Å². The lowest BCUT2D eigenvalue weighted by atomic mass is 10.1. The van der Waals surface area contributed by atoms with Gasteiger partial charge in [-0.2, -0.15) is 0 Å². The molecule has 3 N–H and O–H groups in total. The molecule has 1 aliphatic rings. The predicted molar refractivity (Wildman–Crippen MR) is 84.3 cm³/mol. The van der Waals surface area contributed by atoms with E-state index < -0.39 is 10.0 Å². The molecule has 1 unspecified atom stereocenters. The SMILES string of the molecule is Nc1ccc2c(c1)CCC2NS(=O)(=O)c1ccc(Br)s1. The number of halogens is 1. The van der Waals surface area contributed by atoms with Gasteiger partial charge in [-0.3, -0.25) is 0 Å². The van der Waals surface area contributed by atoms with E-state index in [4.69, 9.17) is 5.73 Å². The molecule has 0 saturated heterocycles. The lowest BCUT2D eigenvalue weighted by Crippen LogP contribution is -2.26. The Morgan fingerprint density at radius 2 is 2.10 bits per heavy atom. The summed E-state index contributed by atoms with van der Waals surface area (Å²) in [7, 11) is -3.47. The molecule has 106 valence electrons. The van der Waals surface area contributed by atoms with Crippen LogP contribution in [0.2, 0.25) is 0 Å². The van der Waals surface area contributed by atoms with E-state index in [2.05, 4.69) is 20.7 Å². The van der Waals surface area contributed by atoms with Crippen molar-refractivity contribution in [3.05, 3.63) is 45.2 Å². The minimum Gasteiger partial charge on any atom is -0.399 e. The second-order valence-corrected chi connectivity index (χ2v) is 9.13. The fraction of sp³-hybridized carbons (Fsp3) is 0.231. The summed E-state index contributed by atoms with van der Waals surface area (Å²) in [6.07, 6.45) is 1.62. The Bertz CT molecular complexity index is 755. The van der Waals surface area contributed by atoms with Gasteiger partial charge in [0.1, 0.15) is 4.21 Å². The minimum atomic E-state index is -3.47. The Morgan fingerprint density at radius 3 is 2.80 bits per heavy atom. The van der Waals surface area contributed by atoms with Crippen molar-refractivity contribution in [3.63, 3.8) is 0 Å². The zero-order chi connectivity index (χ0) is 14.3. The highest BCUT2D eigenvalue weighted by molar-refractivity contribution is 9.11. The average molecular weight is 373 g/mol. The van der Waals surface area contributed by atoms with Crippen LogP contribution in [0.3, 0.4) is 0 Å². The van der Waals surface area contributed by atoms with Crippen molar-refractivity contribution in [2.75, 3.05) is 5.73 Å². The summed E-state index contributed by atoms with van der Waals surface area (Å²) in [5, 5.41) is 0. The lowest BCUT2D eigenvalue weighted by Gasteiger charge is -2.13. The van der Waals surface area contributed by atoms with Gasteiger partial charge in [0, 0.05) is 11.7 Å². The third kappa shape index (κ3) is 2.63. The number of hydrogen-bond donors (Lipinski definition) is 2. The number of aryl methyl sites for hydroxylation is 1. The van der Waals surface area contributed by atoms with Crippen molar-refractivity contribution < 1.29 is 8.42 Å². The Morgan fingerprint density at radius 1 is 1.30 bits per heavy atom. The molecule has 0 spiro atoms. The topological polar surface area (TPSA) is 72.2 Å². The first-order valence-electron chi connectivity index (χ1n) is 6.12.